The quantitative estimate of drug-likeness (QED) is 0.752. The van der Waals surface area contributed by atoms with Gasteiger partial charge in [-0.25, -0.2) is 0 Å². The highest BCUT2D eigenvalue weighted by Crippen LogP contribution is 2.23. The number of amides is 1. The highest BCUT2D eigenvalue weighted by Gasteiger charge is 2.41. The predicted octanol–water partition coefficient (Wildman–Crippen LogP) is 2.47. The van der Waals surface area contributed by atoms with Gasteiger partial charge in [0, 0.05) is 38.1 Å². The first kappa shape index (κ1) is 19.5. The van der Waals surface area contributed by atoms with Crippen LogP contribution in [0.15, 0.2) is 48.7 Å². The number of rotatable bonds is 8. The minimum Gasteiger partial charge on any atom is -0.379 e. The van der Waals surface area contributed by atoms with Crippen molar-refractivity contribution in [3.63, 3.8) is 0 Å². The second-order valence-electron chi connectivity index (χ2n) is 7.43. The molecule has 3 rings (SSSR count). The van der Waals surface area contributed by atoms with Gasteiger partial charge in [-0.1, -0.05) is 30.3 Å². The number of carbonyl (C=O) groups is 1. The van der Waals surface area contributed by atoms with Crippen molar-refractivity contribution in [2.75, 3.05) is 19.6 Å². The Labute approximate surface area is 161 Å². The molecule has 0 saturated carbocycles. The topological polar surface area (TPSA) is 65.5 Å². The van der Waals surface area contributed by atoms with Crippen LogP contribution in [0.4, 0.5) is 0 Å². The molecule has 5 nitrogen and oxygen atoms in total. The third kappa shape index (κ3) is 5.37. The Morgan fingerprint density at radius 1 is 1.22 bits per heavy atom. The molecule has 0 unspecified atom stereocenters. The average Bonchev–Trinajstić information content (AvgIpc) is 2.66. The number of piperidine rings is 1. The number of likely N-dealkylation sites (tertiary alicyclic amines) is 1. The zero-order chi connectivity index (χ0) is 19.1. The summed E-state index contributed by atoms with van der Waals surface area (Å²) < 4.78 is 0. The van der Waals surface area contributed by atoms with Crippen LogP contribution in [0.2, 0.25) is 0 Å². The maximum atomic E-state index is 12.8. The van der Waals surface area contributed by atoms with E-state index in [1.165, 1.54) is 5.56 Å². The lowest BCUT2D eigenvalue weighted by atomic mass is 9.91. The molecule has 1 fully saturated rings. The van der Waals surface area contributed by atoms with Gasteiger partial charge in [-0.2, -0.15) is 0 Å². The number of benzene rings is 1. The molecule has 0 aliphatic carbocycles. The molecule has 1 aliphatic rings. The van der Waals surface area contributed by atoms with Crippen molar-refractivity contribution in [1.82, 2.24) is 15.2 Å². The standard InChI is InChI=1S/C22H29N3O2/c1-18-15-20(10-12-24-18)16-23-17-22(27)11-6-14-25(21(22)26)13-5-9-19-7-3-2-4-8-19/h2-4,7-8,10,12,15,23,27H,5-6,9,11,13-14,16-17H2,1H3/t22-/m1/s1. The van der Waals surface area contributed by atoms with Gasteiger partial charge in [-0.05, 0) is 55.9 Å². The Bertz CT molecular complexity index is 750. The zero-order valence-electron chi connectivity index (χ0n) is 16.0. The van der Waals surface area contributed by atoms with Crippen LogP contribution in [-0.2, 0) is 17.8 Å². The Kier molecular flexibility index (Phi) is 6.58. The number of aryl methyl sites for hydroxylation is 2. The molecule has 0 radical (unpaired) electrons. The largest absolute Gasteiger partial charge is 0.379 e. The molecule has 1 aromatic heterocycles. The van der Waals surface area contributed by atoms with E-state index >= 15 is 0 Å². The van der Waals surface area contributed by atoms with Crippen molar-refractivity contribution in [3.05, 3.63) is 65.5 Å². The normalized spacial score (nSPS) is 20.1. The summed E-state index contributed by atoms with van der Waals surface area (Å²) in [5, 5.41) is 14.1. The van der Waals surface area contributed by atoms with Gasteiger partial charge >= 0.3 is 0 Å². The fourth-order valence-electron chi connectivity index (χ4n) is 3.69. The van der Waals surface area contributed by atoms with Crippen molar-refractivity contribution < 1.29 is 9.90 Å². The third-order valence-corrected chi connectivity index (χ3v) is 5.15. The van der Waals surface area contributed by atoms with Crippen molar-refractivity contribution in [2.24, 2.45) is 0 Å². The van der Waals surface area contributed by atoms with Gasteiger partial charge in [0.15, 0.2) is 5.60 Å². The van der Waals surface area contributed by atoms with Crippen molar-refractivity contribution >= 4 is 5.91 Å². The van der Waals surface area contributed by atoms with Gasteiger partial charge < -0.3 is 15.3 Å². The van der Waals surface area contributed by atoms with Gasteiger partial charge in [0.25, 0.3) is 5.91 Å². The van der Waals surface area contributed by atoms with Gasteiger partial charge in [-0.15, -0.1) is 0 Å². The lowest BCUT2D eigenvalue weighted by Crippen LogP contribution is -2.58. The molecule has 2 aromatic rings. The average molecular weight is 367 g/mol. The molecule has 1 saturated heterocycles. The second-order valence-corrected chi connectivity index (χ2v) is 7.43. The number of nitrogens with one attached hydrogen (secondary N) is 1. The molecule has 0 bridgehead atoms. The fraction of sp³-hybridized carbons (Fsp3) is 0.455. The molecule has 27 heavy (non-hydrogen) atoms. The molecular formula is C22H29N3O2. The SMILES string of the molecule is Cc1cc(CNC[C@]2(O)CCCN(CCCc3ccccc3)C2=O)ccn1. The molecular weight excluding hydrogens is 338 g/mol. The smallest absolute Gasteiger partial charge is 0.255 e. The minimum absolute atomic E-state index is 0.139. The molecule has 0 spiro atoms. The van der Waals surface area contributed by atoms with Crippen molar-refractivity contribution in [2.45, 2.75) is 44.8 Å². The Balaban J connectivity index is 1.48. The van der Waals surface area contributed by atoms with Crippen molar-refractivity contribution in [1.29, 1.82) is 0 Å². The van der Waals surface area contributed by atoms with Crippen LogP contribution in [0.5, 0.6) is 0 Å². The second kappa shape index (κ2) is 9.11. The van der Waals surface area contributed by atoms with Crippen LogP contribution in [0.25, 0.3) is 0 Å². The van der Waals surface area contributed by atoms with Crippen LogP contribution < -0.4 is 5.32 Å². The molecule has 1 aromatic carbocycles. The van der Waals surface area contributed by atoms with Gasteiger partial charge in [0.05, 0.1) is 0 Å². The summed E-state index contributed by atoms with van der Waals surface area (Å²) >= 11 is 0. The van der Waals surface area contributed by atoms with Gasteiger partial charge in [-0.3, -0.25) is 9.78 Å². The first-order valence-electron chi connectivity index (χ1n) is 9.75. The van der Waals surface area contributed by atoms with Crippen molar-refractivity contribution in [3.8, 4) is 0 Å². The van der Waals surface area contributed by atoms with Crippen LogP contribution >= 0.6 is 0 Å². The number of carbonyl (C=O) groups excluding carboxylic acids is 1. The van der Waals surface area contributed by atoms with E-state index in [2.05, 4.69) is 22.4 Å². The Hall–Kier alpha value is -2.24. The van der Waals surface area contributed by atoms with E-state index in [4.69, 9.17) is 0 Å². The third-order valence-electron chi connectivity index (χ3n) is 5.15. The van der Waals surface area contributed by atoms with Crippen LogP contribution in [0, 0.1) is 6.92 Å². The number of pyridine rings is 1. The first-order valence-corrected chi connectivity index (χ1v) is 9.75. The van der Waals surface area contributed by atoms with Crippen LogP contribution in [-0.4, -0.2) is 46.1 Å². The Morgan fingerprint density at radius 3 is 2.81 bits per heavy atom. The highest BCUT2D eigenvalue weighted by molar-refractivity contribution is 5.86. The van der Waals surface area contributed by atoms with E-state index in [1.54, 1.807) is 6.20 Å². The molecule has 1 aliphatic heterocycles. The predicted molar refractivity (Wildman–Crippen MR) is 106 cm³/mol. The summed E-state index contributed by atoms with van der Waals surface area (Å²) in [7, 11) is 0. The van der Waals surface area contributed by atoms with Gasteiger partial charge in [0.1, 0.15) is 0 Å². The van der Waals surface area contributed by atoms with Crippen LogP contribution in [0.3, 0.4) is 0 Å². The number of hydrogen-bond donors (Lipinski definition) is 2. The minimum atomic E-state index is -1.30. The molecule has 1 amide bonds. The van der Waals surface area contributed by atoms with Gasteiger partial charge in [0.2, 0.25) is 0 Å². The lowest BCUT2D eigenvalue weighted by molar-refractivity contribution is -0.156. The number of hydrogen-bond acceptors (Lipinski definition) is 4. The molecule has 1 atom stereocenters. The number of aliphatic hydroxyl groups is 1. The fourth-order valence-corrected chi connectivity index (χ4v) is 3.69. The van der Waals surface area contributed by atoms with E-state index in [9.17, 15) is 9.90 Å². The highest BCUT2D eigenvalue weighted by atomic mass is 16.3. The summed E-state index contributed by atoms with van der Waals surface area (Å²) in [5.74, 6) is -0.139. The van der Waals surface area contributed by atoms with E-state index < -0.39 is 5.60 Å². The number of nitrogens with zero attached hydrogens (tertiary/aromatic N) is 2. The van der Waals surface area contributed by atoms with E-state index in [1.807, 2.05) is 42.2 Å². The first-order chi connectivity index (χ1) is 13.1. The molecule has 5 heteroatoms. The lowest BCUT2D eigenvalue weighted by Gasteiger charge is -2.38. The molecule has 144 valence electrons. The number of aromatic nitrogens is 1. The zero-order valence-corrected chi connectivity index (χ0v) is 16.0. The van der Waals surface area contributed by atoms with Crippen LogP contribution in [0.1, 0.15) is 36.1 Å². The summed E-state index contributed by atoms with van der Waals surface area (Å²) in [4.78, 5) is 18.8. The monoisotopic (exact) mass is 367 g/mol. The summed E-state index contributed by atoms with van der Waals surface area (Å²) in [6.45, 7) is 4.28. The van der Waals surface area contributed by atoms with E-state index in [0.29, 0.717) is 19.5 Å². The summed E-state index contributed by atoms with van der Waals surface area (Å²) in [6.07, 6.45) is 4.99. The Morgan fingerprint density at radius 2 is 2.04 bits per heavy atom. The maximum absolute atomic E-state index is 12.8. The van der Waals surface area contributed by atoms with E-state index in [-0.39, 0.29) is 12.5 Å². The van der Waals surface area contributed by atoms with E-state index in [0.717, 1.165) is 37.1 Å². The summed E-state index contributed by atoms with van der Waals surface area (Å²) in [6, 6.07) is 14.3. The molecule has 2 heterocycles. The maximum Gasteiger partial charge on any atom is 0.255 e. The summed E-state index contributed by atoms with van der Waals surface area (Å²) in [5.41, 5.74) is 2.06. The molecule has 2 N–H and O–H groups in total.